The maximum absolute atomic E-state index is 12.2. The highest BCUT2D eigenvalue weighted by Gasteiger charge is 2.22. The number of carbonyl (C=O) groups excluding carboxylic acids is 2. The van der Waals surface area contributed by atoms with Gasteiger partial charge in [-0.1, -0.05) is 42.5 Å². The van der Waals surface area contributed by atoms with E-state index in [1.807, 2.05) is 30.3 Å². The number of ether oxygens (including phenoxy) is 2. The fourth-order valence-electron chi connectivity index (χ4n) is 2.25. The molecular weight excluding hydrogens is 308 g/mol. The first-order valence-electron chi connectivity index (χ1n) is 7.46. The number of hydrogen-bond donors (Lipinski definition) is 2. The molecule has 0 spiro atoms. The van der Waals surface area contributed by atoms with Gasteiger partial charge in [0.25, 0.3) is 0 Å². The lowest BCUT2D eigenvalue weighted by atomic mass is 10.1. The highest BCUT2D eigenvalue weighted by atomic mass is 16.5. The molecule has 1 atom stereocenters. The van der Waals surface area contributed by atoms with E-state index in [0.717, 1.165) is 5.56 Å². The van der Waals surface area contributed by atoms with Crippen LogP contribution in [0.5, 0.6) is 5.75 Å². The lowest BCUT2D eigenvalue weighted by molar-refractivity contribution is -0.142. The summed E-state index contributed by atoms with van der Waals surface area (Å²) >= 11 is 0. The Balaban J connectivity index is 2.05. The van der Waals surface area contributed by atoms with Gasteiger partial charge in [0.1, 0.15) is 11.8 Å². The fraction of sp³-hybridized carbons (Fsp3) is 0.222. The van der Waals surface area contributed by atoms with E-state index in [0.29, 0.717) is 17.9 Å². The van der Waals surface area contributed by atoms with Crippen LogP contribution < -0.4 is 15.4 Å². The molecule has 0 saturated heterocycles. The van der Waals surface area contributed by atoms with Gasteiger partial charge in [-0.3, -0.25) is 0 Å². The molecule has 0 radical (unpaired) electrons. The summed E-state index contributed by atoms with van der Waals surface area (Å²) in [7, 11) is 2.81. The molecule has 24 heavy (non-hydrogen) atoms. The van der Waals surface area contributed by atoms with Crippen molar-refractivity contribution in [2.24, 2.45) is 0 Å². The first-order valence-corrected chi connectivity index (χ1v) is 7.46. The normalized spacial score (nSPS) is 11.2. The molecule has 2 aromatic carbocycles. The van der Waals surface area contributed by atoms with Gasteiger partial charge < -0.3 is 20.1 Å². The molecule has 6 nitrogen and oxygen atoms in total. The molecule has 0 bridgehead atoms. The summed E-state index contributed by atoms with van der Waals surface area (Å²) in [5.41, 5.74) is 1.44. The third-order valence-electron chi connectivity index (χ3n) is 3.43. The zero-order valence-electron chi connectivity index (χ0n) is 13.6. The summed E-state index contributed by atoms with van der Waals surface area (Å²) in [4.78, 5) is 24.2. The number of nitrogens with one attached hydrogen (secondary N) is 2. The zero-order valence-corrected chi connectivity index (χ0v) is 13.6. The Labute approximate surface area is 140 Å². The Bertz CT molecular complexity index is 688. The van der Waals surface area contributed by atoms with Gasteiger partial charge in [-0.25, -0.2) is 9.59 Å². The second-order valence-electron chi connectivity index (χ2n) is 5.06. The number of amides is 2. The quantitative estimate of drug-likeness (QED) is 0.799. The van der Waals surface area contributed by atoms with Crippen molar-refractivity contribution in [3.63, 3.8) is 0 Å². The zero-order chi connectivity index (χ0) is 17.4. The van der Waals surface area contributed by atoms with Crippen LogP contribution in [0.2, 0.25) is 0 Å². The number of rotatable bonds is 6. The molecule has 0 aliphatic rings. The SMILES string of the molecule is COC(=O)[C@@H](Cc1ccccc1)NC(=O)Nc1ccccc1OC. The molecule has 0 aromatic heterocycles. The molecular formula is C18H20N2O4. The van der Waals surface area contributed by atoms with Crippen molar-refractivity contribution in [2.45, 2.75) is 12.5 Å². The van der Waals surface area contributed by atoms with Crippen molar-refractivity contribution in [1.82, 2.24) is 5.32 Å². The van der Waals surface area contributed by atoms with E-state index < -0.39 is 18.0 Å². The molecule has 0 aliphatic heterocycles. The summed E-state index contributed by atoms with van der Waals surface area (Å²) in [6.45, 7) is 0. The molecule has 0 heterocycles. The van der Waals surface area contributed by atoms with Crippen LogP contribution in [0.1, 0.15) is 5.56 Å². The summed E-state index contributed by atoms with van der Waals surface area (Å²) in [5.74, 6) is 0.0272. The van der Waals surface area contributed by atoms with Crippen molar-refractivity contribution in [3.05, 3.63) is 60.2 Å². The second kappa shape index (κ2) is 8.57. The molecule has 0 unspecified atom stereocenters. The van der Waals surface area contributed by atoms with Crippen LogP contribution in [-0.4, -0.2) is 32.3 Å². The third-order valence-corrected chi connectivity index (χ3v) is 3.43. The van der Waals surface area contributed by atoms with Crippen molar-refractivity contribution in [3.8, 4) is 5.75 Å². The number of hydrogen-bond acceptors (Lipinski definition) is 4. The minimum absolute atomic E-state index is 0.340. The predicted octanol–water partition coefficient (Wildman–Crippen LogP) is 2.60. The van der Waals surface area contributed by atoms with Gasteiger partial charge in [0.15, 0.2) is 0 Å². The standard InChI is InChI=1S/C18H20N2O4/c1-23-16-11-7-6-10-14(16)19-18(22)20-15(17(21)24-2)12-13-8-4-3-5-9-13/h3-11,15H,12H2,1-2H3,(H2,19,20,22)/t15-/m1/s1. The highest BCUT2D eigenvalue weighted by Crippen LogP contribution is 2.22. The minimum Gasteiger partial charge on any atom is -0.495 e. The Morgan fingerprint density at radius 3 is 2.33 bits per heavy atom. The smallest absolute Gasteiger partial charge is 0.328 e. The van der Waals surface area contributed by atoms with Gasteiger partial charge in [0.2, 0.25) is 0 Å². The summed E-state index contributed by atoms with van der Waals surface area (Å²) in [6.07, 6.45) is 0.340. The predicted molar refractivity (Wildman–Crippen MR) is 91.1 cm³/mol. The van der Waals surface area contributed by atoms with Gasteiger partial charge in [0, 0.05) is 6.42 Å². The number of para-hydroxylation sites is 2. The Hall–Kier alpha value is -3.02. The van der Waals surface area contributed by atoms with Crippen LogP contribution in [0.4, 0.5) is 10.5 Å². The number of methoxy groups -OCH3 is 2. The molecule has 6 heteroatoms. The molecule has 2 aromatic rings. The first kappa shape index (κ1) is 17.3. The fourth-order valence-corrected chi connectivity index (χ4v) is 2.25. The molecule has 126 valence electrons. The van der Waals surface area contributed by atoms with Gasteiger partial charge >= 0.3 is 12.0 Å². The maximum atomic E-state index is 12.2. The van der Waals surface area contributed by atoms with Gasteiger partial charge in [0.05, 0.1) is 19.9 Å². The van der Waals surface area contributed by atoms with Gasteiger partial charge in [-0.15, -0.1) is 0 Å². The Morgan fingerprint density at radius 2 is 1.67 bits per heavy atom. The molecule has 0 aliphatic carbocycles. The highest BCUT2D eigenvalue weighted by molar-refractivity contribution is 5.93. The molecule has 2 N–H and O–H groups in total. The summed E-state index contributed by atoms with van der Waals surface area (Å²) in [5, 5.41) is 5.31. The second-order valence-corrected chi connectivity index (χ2v) is 5.06. The third kappa shape index (κ3) is 4.74. The Morgan fingerprint density at radius 1 is 1.00 bits per heavy atom. The van der Waals surface area contributed by atoms with E-state index in [4.69, 9.17) is 9.47 Å². The van der Waals surface area contributed by atoms with Gasteiger partial charge in [-0.05, 0) is 17.7 Å². The van der Waals surface area contributed by atoms with E-state index in [9.17, 15) is 9.59 Å². The summed E-state index contributed by atoms with van der Waals surface area (Å²) in [6, 6.07) is 15.1. The largest absolute Gasteiger partial charge is 0.495 e. The van der Waals surface area contributed by atoms with E-state index in [-0.39, 0.29) is 0 Å². The van der Waals surface area contributed by atoms with Gasteiger partial charge in [-0.2, -0.15) is 0 Å². The van der Waals surface area contributed by atoms with Crippen molar-refractivity contribution in [1.29, 1.82) is 0 Å². The lowest BCUT2D eigenvalue weighted by Crippen LogP contribution is -2.45. The molecule has 0 saturated carbocycles. The lowest BCUT2D eigenvalue weighted by Gasteiger charge is -2.17. The average molecular weight is 328 g/mol. The number of esters is 1. The first-order chi connectivity index (χ1) is 11.6. The molecule has 2 amide bonds. The number of urea groups is 1. The molecule has 0 fully saturated rings. The van der Waals surface area contributed by atoms with Crippen LogP contribution in [0.3, 0.4) is 0 Å². The van der Waals surface area contributed by atoms with E-state index in [1.54, 1.807) is 24.3 Å². The maximum Gasteiger partial charge on any atom is 0.328 e. The van der Waals surface area contributed by atoms with Crippen LogP contribution in [-0.2, 0) is 16.0 Å². The van der Waals surface area contributed by atoms with Crippen molar-refractivity contribution < 1.29 is 19.1 Å². The number of carbonyl (C=O) groups is 2. The summed E-state index contributed by atoms with van der Waals surface area (Å²) < 4.78 is 9.96. The van der Waals surface area contributed by atoms with Crippen LogP contribution in [0.15, 0.2) is 54.6 Å². The van der Waals surface area contributed by atoms with Crippen LogP contribution >= 0.6 is 0 Å². The number of benzene rings is 2. The average Bonchev–Trinajstić information content (AvgIpc) is 2.61. The van der Waals surface area contributed by atoms with Crippen molar-refractivity contribution in [2.75, 3.05) is 19.5 Å². The van der Waals surface area contributed by atoms with Crippen LogP contribution in [0, 0.1) is 0 Å². The van der Waals surface area contributed by atoms with Crippen molar-refractivity contribution >= 4 is 17.7 Å². The number of anilines is 1. The monoisotopic (exact) mass is 328 g/mol. The van der Waals surface area contributed by atoms with Crippen LogP contribution in [0.25, 0.3) is 0 Å². The molecule has 2 rings (SSSR count). The van der Waals surface area contributed by atoms with E-state index >= 15 is 0 Å². The van der Waals surface area contributed by atoms with E-state index in [1.165, 1.54) is 14.2 Å². The topological polar surface area (TPSA) is 76.7 Å². The Kier molecular flexibility index (Phi) is 6.19. The van der Waals surface area contributed by atoms with E-state index in [2.05, 4.69) is 10.6 Å². The minimum atomic E-state index is -0.785.